The third kappa shape index (κ3) is 4.72. The molecule has 0 saturated carbocycles. The molecule has 0 bridgehead atoms. The average molecular weight is 386 g/mol. The highest BCUT2D eigenvalue weighted by Gasteiger charge is 2.28. The Hall–Kier alpha value is -2.27. The summed E-state index contributed by atoms with van der Waals surface area (Å²) >= 11 is 5.96. The van der Waals surface area contributed by atoms with Crippen LogP contribution < -0.4 is 5.32 Å². The number of nitrogens with one attached hydrogen (secondary N) is 1. The predicted octanol–water partition coefficient (Wildman–Crippen LogP) is 4.81. The highest BCUT2D eigenvalue weighted by molar-refractivity contribution is 6.30. The van der Waals surface area contributed by atoms with Crippen LogP contribution in [0.1, 0.15) is 67.1 Å². The number of ketones is 1. The maximum absolute atomic E-state index is 12.5. The normalized spacial score (nSPS) is 17.3. The van der Waals surface area contributed by atoms with Gasteiger partial charge in [0.2, 0.25) is 11.9 Å². The topological polar surface area (TPSA) is 72.0 Å². The Morgan fingerprint density at radius 3 is 2.74 bits per heavy atom. The quantitative estimate of drug-likeness (QED) is 0.774. The number of carbonyl (C=O) groups is 2. The van der Waals surface area contributed by atoms with E-state index in [1.165, 1.54) is 6.20 Å². The van der Waals surface area contributed by atoms with E-state index in [0.29, 0.717) is 29.1 Å². The van der Waals surface area contributed by atoms with Gasteiger partial charge in [0.05, 0.1) is 11.3 Å². The molecule has 1 N–H and O–H groups in total. The number of carbonyl (C=O) groups excluding carboxylic acids is 2. The zero-order valence-electron chi connectivity index (χ0n) is 15.7. The lowest BCUT2D eigenvalue weighted by molar-refractivity contribution is -0.119. The molecule has 1 aromatic carbocycles. The third-order valence-electron chi connectivity index (χ3n) is 5.05. The number of amides is 1. The van der Waals surface area contributed by atoms with E-state index in [4.69, 9.17) is 11.6 Å². The van der Waals surface area contributed by atoms with Crippen LogP contribution >= 0.6 is 11.6 Å². The first-order chi connectivity index (χ1) is 13.0. The van der Waals surface area contributed by atoms with Crippen molar-refractivity contribution in [3.63, 3.8) is 0 Å². The van der Waals surface area contributed by atoms with E-state index < -0.39 is 0 Å². The van der Waals surface area contributed by atoms with Gasteiger partial charge in [0, 0.05) is 23.6 Å². The largest absolute Gasteiger partial charge is 0.294 e. The van der Waals surface area contributed by atoms with Gasteiger partial charge in [-0.3, -0.25) is 14.9 Å². The number of hydrogen-bond donors (Lipinski definition) is 1. The van der Waals surface area contributed by atoms with E-state index in [1.807, 2.05) is 31.2 Å². The van der Waals surface area contributed by atoms with E-state index >= 15 is 0 Å². The second kappa shape index (κ2) is 8.61. The fourth-order valence-corrected chi connectivity index (χ4v) is 3.48. The molecule has 3 rings (SSSR count). The SMILES string of the molecule is CCCC[C@@H](C)C(=O)Nc1ncc2c(n1)C[C@H](c1ccc(Cl)cc1)CC2=O. The first-order valence-corrected chi connectivity index (χ1v) is 9.81. The Bertz CT molecular complexity index is 836. The van der Waals surface area contributed by atoms with Crippen LogP contribution in [-0.2, 0) is 11.2 Å². The molecule has 0 radical (unpaired) electrons. The van der Waals surface area contributed by atoms with Gasteiger partial charge in [-0.05, 0) is 36.5 Å². The summed E-state index contributed by atoms with van der Waals surface area (Å²) in [7, 11) is 0. The number of Topliss-reactive ketones (excluding diaryl/α,β-unsaturated/α-hetero) is 1. The van der Waals surface area contributed by atoms with Crippen LogP contribution in [0.25, 0.3) is 0 Å². The van der Waals surface area contributed by atoms with Crippen LogP contribution in [-0.4, -0.2) is 21.7 Å². The number of hydrogen-bond acceptors (Lipinski definition) is 4. The molecule has 1 aliphatic carbocycles. The molecule has 6 heteroatoms. The maximum Gasteiger partial charge on any atom is 0.229 e. The molecule has 27 heavy (non-hydrogen) atoms. The van der Waals surface area contributed by atoms with Gasteiger partial charge < -0.3 is 0 Å². The van der Waals surface area contributed by atoms with Gasteiger partial charge in [0.15, 0.2) is 5.78 Å². The molecular formula is C21H24ClN3O2. The number of anilines is 1. The molecule has 1 aliphatic rings. The van der Waals surface area contributed by atoms with E-state index in [9.17, 15) is 9.59 Å². The number of rotatable bonds is 6. The summed E-state index contributed by atoms with van der Waals surface area (Å²) < 4.78 is 0. The molecule has 1 amide bonds. The standard InChI is InChI=1S/C21H24ClN3O2/c1-3-4-5-13(2)20(27)25-21-23-12-17-18(24-21)10-15(11-19(17)26)14-6-8-16(22)9-7-14/h6-9,12-13,15H,3-5,10-11H2,1-2H3,(H,23,24,25,27)/t13-,15+/m1/s1. The molecule has 2 atom stereocenters. The minimum absolute atomic E-state index is 0.0328. The fraction of sp³-hybridized carbons (Fsp3) is 0.429. The van der Waals surface area contributed by atoms with E-state index in [-0.39, 0.29) is 29.5 Å². The summed E-state index contributed by atoms with van der Waals surface area (Å²) in [4.78, 5) is 33.4. The van der Waals surface area contributed by atoms with Crippen LogP contribution in [0.2, 0.25) is 5.02 Å². The van der Waals surface area contributed by atoms with Crippen molar-refractivity contribution in [3.05, 3.63) is 52.3 Å². The molecular weight excluding hydrogens is 362 g/mol. The molecule has 1 heterocycles. The number of nitrogens with zero attached hydrogens (tertiary/aromatic N) is 2. The summed E-state index contributed by atoms with van der Waals surface area (Å²) in [5.41, 5.74) is 2.31. The minimum atomic E-state index is -0.0898. The van der Waals surface area contributed by atoms with Gasteiger partial charge in [0.1, 0.15) is 0 Å². The molecule has 0 unspecified atom stereocenters. The zero-order chi connectivity index (χ0) is 19.4. The zero-order valence-corrected chi connectivity index (χ0v) is 16.4. The van der Waals surface area contributed by atoms with Crippen LogP contribution in [0.4, 0.5) is 5.95 Å². The molecule has 0 spiro atoms. The molecule has 0 saturated heterocycles. The molecule has 5 nitrogen and oxygen atoms in total. The number of unbranched alkanes of at least 4 members (excludes halogenated alkanes) is 1. The molecule has 142 valence electrons. The molecule has 1 aromatic heterocycles. The van der Waals surface area contributed by atoms with Crippen LogP contribution in [0, 0.1) is 5.92 Å². The van der Waals surface area contributed by atoms with E-state index in [2.05, 4.69) is 22.2 Å². The van der Waals surface area contributed by atoms with Crippen molar-refractivity contribution in [1.29, 1.82) is 0 Å². The van der Waals surface area contributed by atoms with Crippen molar-refractivity contribution in [3.8, 4) is 0 Å². The van der Waals surface area contributed by atoms with Crippen LogP contribution in [0.3, 0.4) is 0 Å². The van der Waals surface area contributed by atoms with Gasteiger partial charge >= 0.3 is 0 Å². The summed E-state index contributed by atoms with van der Waals surface area (Å²) in [5.74, 6) is 0.189. The first-order valence-electron chi connectivity index (χ1n) is 9.43. The van der Waals surface area contributed by atoms with Crippen molar-refractivity contribution >= 4 is 29.2 Å². The van der Waals surface area contributed by atoms with Crippen LogP contribution in [0.5, 0.6) is 0 Å². The molecule has 2 aromatic rings. The van der Waals surface area contributed by atoms with Crippen molar-refractivity contribution < 1.29 is 9.59 Å². The van der Waals surface area contributed by atoms with Gasteiger partial charge in [-0.15, -0.1) is 0 Å². The fourth-order valence-electron chi connectivity index (χ4n) is 3.35. The lowest BCUT2D eigenvalue weighted by Gasteiger charge is -2.23. The molecule has 0 fully saturated rings. The lowest BCUT2D eigenvalue weighted by atomic mass is 9.82. The van der Waals surface area contributed by atoms with Crippen molar-refractivity contribution in [2.24, 2.45) is 5.92 Å². The number of aromatic nitrogens is 2. The highest BCUT2D eigenvalue weighted by Crippen LogP contribution is 2.32. The number of halogens is 1. The summed E-state index contributed by atoms with van der Waals surface area (Å²) in [6, 6.07) is 7.57. The Morgan fingerprint density at radius 2 is 2.04 bits per heavy atom. The third-order valence-corrected chi connectivity index (χ3v) is 5.31. The van der Waals surface area contributed by atoms with Gasteiger partial charge in [0.25, 0.3) is 0 Å². The predicted molar refractivity (Wildman–Crippen MR) is 106 cm³/mol. The number of fused-ring (bicyclic) bond motifs is 1. The van der Waals surface area contributed by atoms with Crippen molar-refractivity contribution in [1.82, 2.24) is 9.97 Å². The van der Waals surface area contributed by atoms with Gasteiger partial charge in [-0.1, -0.05) is 50.4 Å². The Kier molecular flexibility index (Phi) is 6.22. The Balaban J connectivity index is 1.75. The molecule has 0 aliphatic heterocycles. The summed E-state index contributed by atoms with van der Waals surface area (Å²) in [6.07, 6.45) is 5.51. The van der Waals surface area contributed by atoms with Gasteiger partial charge in [-0.2, -0.15) is 0 Å². The van der Waals surface area contributed by atoms with Crippen molar-refractivity contribution in [2.45, 2.75) is 51.9 Å². The van der Waals surface area contributed by atoms with Crippen molar-refractivity contribution in [2.75, 3.05) is 5.32 Å². The smallest absolute Gasteiger partial charge is 0.229 e. The second-order valence-electron chi connectivity index (χ2n) is 7.17. The van der Waals surface area contributed by atoms with E-state index in [0.717, 1.165) is 24.8 Å². The summed E-state index contributed by atoms with van der Waals surface area (Å²) in [6.45, 7) is 4.01. The number of benzene rings is 1. The second-order valence-corrected chi connectivity index (χ2v) is 7.60. The Morgan fingerprint density at radius 1 is 1.30 bits per heavy atom. The highest BCUT2D eigenvalue weighted by atomic mass is 35.5. The van der Waals surface area contributed by atoms with E-state index in [1.54, 1.807) is 0 Å². The van der Waals surface area contributed by atoms with Crippen LogP contribution in [0.15, 0.2) is 30.5 Å². The summed E-state index contributed by atoms with van der Waals surface area (Å²) in [5, 5.41) is 3.46. The first kappa shape index (κ1) is 19.5. The minimum Gasteiger partial charge on any atom is -0.294 e. The lowest BCUT2D eigenvalue weighted by Crippen LogP contribution is -2.24. The monoisotopic (exact) mass is 385 g/mol. The van der Waals surface area contributed by atoms with Gasteiger partial charge in [-0.25, -0.2) is 9.97 Å². The maximum atomic E-state index is 12.5. The average Bonchev–Trinajstić information content (AvgIpc) is 2.66. The Labute approximate surface area is 164 Å².